The zero-order valence-electron chi connectivity index (χ0n) is 10.1. The van der Waals surface area contributed by atoms with Gasteiger partial charge in [-0.1, -0.05) is 32.0 Å². The molecule has 1 aromatic carbocycles. The largest absolute Gasteiger partial charge is 0.375 e. The summed E-state index contributed by atoms with van der Waals surface area (Å²) in [5, 5.41) is 2.86. The normalized spacial score (nSPS) is 12.2. The Kier molecular flexibility index (Phi) is 4.99. The third-order valence-corrected chi connectivity index (χ3v) is 2.65. The van der Waals surface area contributed by atoms with Crippen LogP contribution in [0.1, 0.15) is 31.7 Å². The number of amides is 1. The van der Waals surface area contributed by atoms with Crippen LogP contribution in [-0.4, -0.2) is 19.6 Å². The van der Waals surface area contributed by atoms with Gasteiger partial charge in [0.2, 0.25) is 5.91 Å². The summed E-state index contributed by atoms with van der Waals surface area (Å²) in [6.07, 6.45) is 1.05. The number of ether oxygens (including phenoxy) is 1. The fourth-order valence-electron chi connectivity index (χ4n) is 1.58. The van der Waals surface area contributed by atoms with E-state index >= 15 is 0 Å². The van der Waals surface area contributed by atoms with Gasteiger partial charge in [0.1, 0.15) is 6.61 Å². The molecule has 0 aliphatic rings. The lowest BCUT2D eigenvalue weighted by Gasteiger charge is -2.15. The van der Waals surface area contributed by atoms with Crippen molar-refractivity contribution in [1.29, 1.82) is 0 Å². The van der Waals surface area contributed by atoms with E-state index in [0.29, 0.717) is 5.92 Å². The van der Waals surface area contributed by atoms with Crippen LogP contribution >= 0.6 is 0 Å². The summed E-state index contributed by atoms with van der Waals surface area (Å²) in [5.74, 6) is 0.331. The number of benzene rings is 1. The first-order valence-corrected chi connectivity index (χ1v) is 5.56. The third kappa shape index (κ3) is 3.35. The quantitative estimate of drug-likeness (QED) is 0.830. The van der Waals surface area contributed by atoms with E-state index in [9.17, 15) is 4.79 Å². The van der Waals surface area contributed by atoms with Crippen LogP contribution < -0.4 is 5.32 Å². The minimum atomic E-state index is -0.113. The van der Waals surface area contributed by atoms with E-state index in [1.165, 1.54) is 12.7 Å². The summed E-state index contributed by atoms with van der Waals surface area (Å²) in [7, 11) is 1.51. The number of nitrogens with one attached hydrogen (secondary N) is 1. The van der Waals surface area contributed by atoms with Gasteiger partial charge in [-0.15, -0.1) is 0 Å². The molecule has 1 N–H and O–H groups in total. The minimum absolute atomic E-state index is 0.0921. The second kappa shape index (κ2) is 6.28. The number of methoxy groups -OCH3 is 1. The third-order valence-electron chi connectivity index (χ3n) is 2.65. The van der Waals surface area contributed by atoms with E-state index in [1.54, 1.807) is 0 Å². The number of rotatable bonds is 5. The maximum Gasteiger partial charge on any atom is 0.250 e. The predicted octanol–water partition coefficient (Wildman–Crippen LogP) is 2.79. The molecule has 1 amide bonds. The van der Waals surface area contributed by atoms with Crippen LogP contribution in [0, 0.1) is 0 Å². The van der Waals surface area contributed by atoms with E-state index < -0.39 is 0 Å². The smallest absolute Gasteiger partial charge is 0.250 e. The molecule has 16 heavy (non-hydrogen) atoms. The van der Waals surface area contributed by atoms with E-state index in [2.05, 4.69) is 25.2 Å². The number of carbonyl (C=O) groups is 1. The highest BCUT2D eigenvalue weighted by molar-refractivity contribution is 5.92. The van der Waals surface area contributed by atoms with Gasteiger partial charge >= 0.3 is 0 Å². The van der Waals surface area contributed by atoms with Crippen LogP contribution in [0.2, 0.25) is 0 Å². The molecule has 1 rings (SSSR count). The molecule has 0 aliphatic heterocycles. The molecule has 0 fully saturated rings. The minimum Gasteiger partial charge on any atom is -0.375 e. The monoisotopic (exact) mass is 221 g/mol. The second-order valence-electron chi connectivity index (χ2n) is 3.88. The number of para-hydroxylation sites is 1. The van der Waals surface area contributed by atoms with Gasteiger partial charge in [-0.2, -0.15) is 0 Å². The Balaban J connectivity index is 2.82. The van der Waals surface area contributed by atoms with Crippen molar-refractivity contribution in [3.8, 4) is 0 Å². The molecule has 0 spiro atoms. The van der Waals surface area contributed by atoms with Crippen LogP contribution in [0.5, 0.6) is 0 Å². The van der Waals surface area contributed by atoms with Crippen molar-refractivity contribution in [2.75, 3.05) is 19.0 Å². The van der Waals surface area contributed by atoms with Crippen molar-refractivity contribution in [1.82, 2.24) is 0 Å². The lowest BCUT2D eigenvalue weighted by Crippen LogP contribution is -2.18. The summed E-state index contributed by atoms with van der Waals surface area (Å²) in [5.41, 5.74) is 2.06. The second-order valence-corrected chi connectivity index (χ2v) is 3.88. The Bertz CT molecular complexity index is 350. The van der Waals surface area contributed by atoms with E-state index in [-0.39, 0.29) is 12.5 Å². The molecule has 0 unspecified atom stereocenters. The molecule has 0 saturated heterocycles. The first-order chi connectivity index (χ1) is 7.69. The van der Waals surface area contributed by atoms with E-state index in [1.807, 2.05) is 18.2 Å². The molecule has 0 radical (unpaired) electrons. The Labute approximate surface area is 96.8 Å². The summed E-state index contributed by atoms with van der Waals surface area (Å²) in [6, 6.07) is 7.90. The standard InChI is InChI=1S/C13H19NO2/c1-4-10(2)11-7-5-6-8-12(11)14-13(15)9-16-3/h5-8,10H,4,9H2,1-3H3,(H,14,15)/t10-/m1/s1. The predicted molar refractivity (Wildman–Crippen MR) is 65.7 cm³/mol. The first kappa shape index (κ1) is 12.7. The van der Waals surface area contributed by atoms with Crippen molar-refractivity contribution in [2.45, 2.75) is 26.2 Å². The first-order valence-electron chi connectivity index (χ1n) is 5.56. The highest BCUT2D eigenvalue weighted by atomic mass is 16.5. The van der Waals surface area contributed by atoms with Crippen molar-refractivity contribution in [3.05, 3.63) is 29.8 Å². The Morgan fingerprint density at radius 2 is 2.12 bits per heavy atom. The average Bonchev–Trinajstić information content (AvgIpc) is 2.29. The zero-order valence-corrected chi connectivity index (χ0v) is 10.1. The van der Waals surface area contributed by atoms with Crippen LogP contribution in [-0.2, 0) is 9.53 Å². The van der Waals surface area contributed by atoms with Gasteiger partial charge in [0.25, 0.3) is 0 Å². The number of carbonyl (C=O) groups excluding carboxylic acids is 1. The fraction of sp³-hybridized carbons (Fsp3) is 0.462. The van der Waals surface area contributed by atoms with Crippen LogP contribution in [0.3, 0.4) is 0 Å². The summed E-state index contributed by atoms with van der Waals surface area (Å²) >= 11 is 0. The molecule has 0 aliphatic carbocycles. The van der Waals surface area contributed by atoms with Gasteiger partial charge in [-0.25, -0.2) is 0 Å². The Morgan fingerprint density at radius 3 is 2.75 bits per heavy atom. The average molecular weight is 221 g/mol. The molecule has 88 valence electrons. The van der Waals surface area contributed by atoms with Crippen molar-refractivity contribution in [3.63, 3.8) is 0 Å². The van der Waals surface area contributed by atoms with Crippen molar-refractivity contribution in [2.24, 2.45) is 0 Å². The molecule has 0 bridgehead atoms. The highest BCUT2D eigenvalue weighted by Gasteiger charge is 2.10. The zero-order chi connectivity index (χ0) is 12.0. The Hall–Kier alpha value is -1.35. The lowest BCUT2D eigenvalue weighted by molar-refractivity contribution is -0.119. The van der Waals surface area contributed by atoms with Gasteiger partial charge in [-0.3, -0.25) is 4.79 Å². The molecule has 0 saturated carbocycles. The van der Waals surface area contributed by atoms with Crippen LogP contribution in [0.25, 0.3) is 0 Å². The van der Waals surface area contributed by atoms with Gasteiger partial charge in [-0.05, 0) is 24.0 Å². The molecule has 3 nitrogen and oxygen atoms in total. The molecule has 0 heterocycles. The topological polar surface area (TPSA) is 38.3 Å². The molecular formula is C13H19NO2. The summed E-state index contributed by atoms with van der Waals surface area (Å²) < 4.78 is 4.79. The number of hydrogen-bond donors (Lipinski definition) is 1. The Morgan fingerprint density at radius 1 is 1.44 bits per heavy atom. The molecule has 0 aromatic heterocycles. The summed E-state index contributed by atoms with van der Waals surface area (Å²) in [4.78, 5) is 11.4. The van der Waals surface area contributed by atoms with Crippen molar-refractivity contribution >= 4 is 11.6 Å². The van der Waals surface area contributed by atoms with Gasteiger partial charge in [0.15, 0.2) is 0 Å². The van der Waals surface area contributed by atoms with Gasteiger partial charge < -0.3 is 10.1 Å². The van der Waals surface area contributed by atoms with Crippen LogP contribution in [0.4, 0.5) is 5.69 Å². The SMILES string of the molecule is CC[C@@H](C)c1ccccc1NC(=O)COC. The van der Waals surface area contributed by atoms with E-state index in [4.69, 9.17) is 4.74 Å². The fourth-order valence-corrected chi connectivity index (χ4v) is 1.58. The van der Waals surface area contributed by atoms with Gasteiger partial charge in [0.05, 0.1) is 0 Å². The lowest BCUT2D eigenvalue weighted by atomic mass is 9.97. The summed E-state index contributed by atoms with van der Waals surface area (Å²) in [6.45, 7) is 4.38. The molecule has 3 heteroatoms. The highest BCUT2D eigenvalue weighted by Crippen LogP contribution is 2.26. The van der Waals surface area contributed by atoms with E-state index in [0.717, 1.165) is 12.1 Å². The maximum absolute atomic E-state index is 11.4. The van der Waals surface area contributed by atoms with Gasteiger partial charge in [0, 0.05) is 12.8 Å². The van der Waals surface area contributed by atoms with Crippen LogP contribution in [0.15, 0.2) is 24.3 Å². The number of anilines is 1. The molecule has 1 atom stereocenters. The van der Waals surface area contributed by atoms with Crippen molar-refractivity contribution < 1.29 is 9.53 Å². The maximum atomic E-state index is 11.4. The molecular weight excluding hydrogens is 202 g/mol. The number of hydrogen-bond acceptors (Lipinski definition) is 2. The molecule has 1 aromatic rings.